The molecule has 0 aliphatic rings. The number of carbonyl (C=O) groups is 1. The van der Waals surface area contributed by atoms with Gasteiger partial charge in [0.1, 0.15) is 23.5 Å². The standard InChI is InChI=1S/C32H28F2N4O6/c1-18-28(19-5-7-20(33)8-6-19)30(39)22(17-38(18)2)31(40)36-21-9-10-25(23(34)15-21)44-26-11-12-35-24-16-27(42-4)32(37-29(24)26)43-14-13-41-3/h5-12,15-17H,13-14H2,1-4H3,(H,36,40). The van der Waals surface area contributed by atoms with Crippen LogP contribution in [0, 0.1) is 18.6 Å². The van der Waals surface area contributed by atoms with Gasteiger partial charge in [0.25, 0.3) is 11.8 Å². The monoisotopic (exact) mass is 602 g/mol. The van der Waals surface area contributed by atoms with Crippen LogP contribution in [0.2, 0.25) is 0 Å². The predicted octanol–water partition coefficient (Wildman–Crippen LogP) is 5.66. The summed E-state index contributed by atoms with van der Waals surface area (Å²) in [4.78, 5) is 35.3. The van der Waals surface area contributed by atoms with E-state index >= 15 is 4.39 Å². The minimum atomic E-state index is -0.776. The number of hydrogen-bond donors (Lipinski definition) is 1. The lowest BCUT2D eigenvalue weighted by atomic mass is 10.0. The Labute approximate surface area is 250 Å². The van der Waals surface area contributed by atoms with Crippen LogP contribution in [0.15, 0.2) is 71.8 Å². The fraction of sp³-hybridized carbons (Fsp3) is 0.188. The van der Waals surface area contributed by atoms with Crippen molar-refractivity contribution in [3.8, 4) is 34.3 Å². The van der Waals surface area contributed by atoms with E-state index in [2.05, 4.69) is 15.3 Å². The van der Waals surface area contributed by atoms with Crippen molar-refractivity contribution in [3.05, 3.63) is 100 Å². The maximum atomic E-state index is 15.2. The molecule has 0 atom stereocenters. The summed E-state index contributed by atoms with van der Waals surface area (Å²) in [5, 5.41) is 2.57. The number of aryl methyl sites for hydroxylation is 1. The Hall–Kier alpha value is -5.36. The molecule has 0 bridgehead atoms. The number of amides is 1. The molecule has 10 nitrogen and oxygen atoms in total. The molecule has 0 unspecified atom stereocenters. The van der Waals surface area contributed by atoms with E-state index in [4.69, 9.17) is 18.9 Å². The second-order valence-electron chi connectivity index (χ2n) is 9.67. The number of pyridine rings is 3. The summed E-state index contributed by atoms with van der Waals surface area (Å²) in [5.74, 6) is -1.34. The van der Waals surface area contributed by atoms with E-state index in [0.717, 1.165) is 6.07 Å². The zero-order chi connectivity index (χ0) is 31.4. The first-order chi connectivity index (χ1) is 21.2. The number of anilines is 1. The smallest absolute Gasteiger partial charge is 0.261 e. The van der Waals surface area contributed by atoms with Gasteiger partial charge >= 0.3 is 0 Å². The van der Waals surface area contributed by atoms with Crippen molar-refractivity contribution in [2.24, 2.45) is 7.05 Å². The van der Waals surface area contributed by atoms with E-state index < -0.39 is 23.0 Å². The van der Waals surface area contributed by atoms with Crippen LogP contribution < -0.4 is 25.0 Å². The zero-order valence-corrected chi connectivity index (χ0v) is 24.3. The van der Waals surface area contributed by atoms with Crippen molar-refractivity contribution in [2.75, 3.05) is 32.8 Å². The van der Waals surface area contributed by atoms with Crippen LogP contribution in [0.3, 0.4) is 0 Å². The summed E-state index contributed by atoms with van der Waals surface area (Å²) >= 11 is 0. The molecular weight excluding hydrogens is 574 g/mol. The maximum Gasteiger partial charge on any atom is 0.261 e. The summed E-state index contributed by atoms with van der Waals surface area (Å²) in [6.45, 7) is 2.29. The van der Waals surface area contributed by atoms with Gasteiger partial charge in [0.2, 0.25) is 5.43 Å². The number of aromatic nitrogens is 3. The molecule has 44 heavy (non-hydrogen) atoms. The van der Waals surface area contributed by atoms with Gasteiger partial charge in [0.05, 0.1) is 19.2 Å². The van der Waals surface area contributed by atoms with Crippen LogP contribution in [0.25, 0.3) is 22.2 Å². The first-order valence-corrected chi connectivity index (χ1v) is 13.4. The third-order valence-electron chi connectivity index (χ3n) is 6.83. The summed E-state index contributed by atoms with van der Waals surface area (Å²) in [7, 11) is 4.71. The van der Waals surface area contributed by atoms with E-state index in [0.29, 0.717) is 34.6 Å². The van der Waals surface area contributed by atoms with E-state index in [1.165, 1.54) is 62.0 Å². The fourth-order valence-corrected chi connectivity index (χ4v) is 4.49. The van der Waals surface area contributed by atoms with Crippen molar-refractivity contribution >= 4 is 22.6 Å². The van der Waals surface area contributed by atoms with Crippen LogP contribution in [0.4, 0.5) is 14.5 Å². The van der Waals surface area contributed by atoms with Gasteiger partial charge in [0, 0.05) is 61.7 Å². The van der Waals surface area contributed by atoms with Crippen molar-refractivity contribution in [2.45, 2.75) is 6.92 Å². The number of nitrogens with one attached hydrogen (secondary N) is 1. The Morgan fingerprint density at radius 1 is 0.977 bits per heavy atom. The zero-order valence-electron chi connectivity index (χ0n) is 24.3. The second kappa shape index (κ2) is 12.9. The quantitative estimate of drug-likeness (QED) is 0.204. The van der Waals surface area contributed by atoms with E-state index in [-0.39, 0.29) is 40.8 Å². The maximum absolute atomic E-state index is 15.2. The molecule has 5 rings (SSSR count). The number of benzene rings is 2. The van der Waals surface area contributed by atoms with Crippen LogP contribution in [0.5, 0.6) is 23.1 Å². The normalized spacial score (nSPS) is 11.0. The third kappa shape index (κ3) is 6.20. The molecule has 0 fully saturated rings. The van der Waals surface area contributed by atoms with E-state index in [1.807, 2.05) is 0 Å². The lowest BCUT2D eigenvalue weighted by molar-refractivity contribution is 0.102. The first-order valence-electron chi connectivity index (χ1n) is 13.4. The molecule has 3 aromatic heterocycles. The van der Waals surface area contributed by atoms with E-state index in [9.17, 15) is 14.0 Å². The van der Waals surface area contributed by atoms with E-state index in [1.54, 1.807) is 31.7 Å². The molecule has 0 saturated heterocycles. The molecule has 0 radical (unpaired) electrons. The minimum absolute atomic E-state index is 0.0992. The number of methoxy groups -OCH3 is 2. The second-order valence-corrected chi connectivity index (χ2v) is 9.67. The number of rotatable bonds is 10. The molecule has 2 aromatic carbocycles. The Kier molecular flexibility index (Phi) is 8.81. The lowest BCUT2D eigenvalue weighted by Crippen LogP contribution is -2.25. The van der Waals surface area contributed by atoms with Gasteiger partial charge in [0.15, 0.2) is 23.1 Å². The van der Waals surface area contributed by atoms with Crippen LogP contribution in [-0.4, -0.2) is 47.9 Å². The predicted molar refractivity (Wildman–Crippen MR) is 160 cm³/mol. The number of halogens is 2. The van der Waals surface area contributed by atoms with Crippen LogP contribution in [-0.2, 0) is 11.8 Å². The number of ether oxygens (including phenoxy) is 4. The average molecular weight is 603 g/mol. The molecule has 0 aliphatic heterocycles. The topological polar surface area (TPSA) is 114 Å². The summed E-state index contributed by atoms with van der Waals surface area (Å²) in [6, 6.07) is 12.4. The number of hydrogen-bond acceptors (Lipinski definition) is 8. The highest BCUT2D eigenvalue weighted by atomic mass is 19.1. The Morgan fingerprint density at radius 2 is 1.75 bits per heavy atom. The van der Waals surface area contributed by atoms with Crippen molar-refractivity contribution in [1.29, 1.82) is 0 Å². The molecule has 3 heterocycles. The molecule has 5 aromatic rings. The Morgan fingerprint density at radius 3 is 2.45 bits per heavy atom. The third-order valence-corrected chi connectivity index (χ3v) is 6.83. The molecule has 0 saturated carbocycles. The van der Waals surface area contributed by atoms with Gasteiger partial charge < -0.3 is 28.8 Å². The Bertz CT molecular complexity index is 1910. The fourth-order valence-electron chi connectivity index (χ4n) is 4.49. The highest BCUT2D eigenvalue weighted by molar-refractivity contribution is 6.04. The van der Waals surface area contributed by atoms with Crippen molar-refractivity contribution < 1.29 is 32.5 Å². The molecule has 0 aliphatic carbocycles. The van der Waals surface area contributed by atoms with Gasteiger partial charge in [-0.15, -0.1) is 0 Å². The largest absolute Gasteiger partial charge is 0.491 e. The molecule has 226 valence electrons. The number of nitrogens with zero attached hydrogens (tertiary/aromatic N) is 3. The average Bonchev–Trinajstić information content (AvgIpc) is 3.01. The lowest BCUT2D eigenvalue weighted by Gasteiger charge is -2.14. The summed E-state index contributed by atoms with van der Waals surface area (Å²) in [6.07, 6.45) is 2.89. The molecular formula is C32H28F2N4O6. The first kappa shape index (κ1) is 30.1. The molecule has 12 heteroatoms. The molecule has 1 N–H and O–H groups in total. The van der Waals surface area contributed by atoms with Crippen molar-refractivity contribution in [3.63, 3.8) is 0 Å². The van der Waals surface area contributed by atoms with Gasteiger partial charge in [-0.3, -0.25) is 14.6 Å². The van der Waals surface area contributed by atoms with Crippen LogP contribution >= 0.6 is 0 Å². The highest BCUT2D eigenvalue weighted by Gasteiger charge is 2.20. The highest BCUT2D eigenvalue weighted by Crippen LogP contribution is 2.35. The van der Waals surface area contributed by atoms with Gasteiger partial charge in [-0.25, -0.2) is 13.8 Å². The van der Waals surface area contributed by atoms with Crippen molar-refractivity contribution in [1.82, 2.24) is 14.5 Å². The van der Waals surface area contributed by atoms with Gasteiger partial charge in [-0.2, -0.15) is 0 Å². The van der Waals surface area contributed by atoms with Gasteiger partial charge in [-0.05, 0) is 36.8 Å². The molecule has 1 amide bonds. The SMILES string of the molecule is COCCOc1nc2c(Oc3ccc(NC(=O)c4cn(C)c(C)c(-c5ccc(F)cc5)c4=O)cc3F)ccnc2cc1OC. The number of fused-ring (bicyclic) bond motifs is 1. The summed E-state index contributed by atoms with van der Waals surface area (Å²) in [5.41, 5.74) is 1.47. The van der Waals surface area contributed by atoms with Crippen LogP contribution in [0.1, 0.15) is 16.1 Å². The van der Waals surface area contributed by atoms with Gasteiger partial charge in [-0.1, -0.05) is 12.1 Å². The molecule has 0 spiro atoms. The minimum Gasteiger partial charge on any atom is -0.491 e. The Balaban J connectivity index is 1.40. The number of carbonyl (C=O) groups excluding carboxylic acids is 1. The summed E-state index contributed by atoms with van der Waals surface area (Å²) < 4.78 is 52.2.